The minimum atomic E-state index is 0.141. The Morgan fingerprint density at radius 3 is 2.06 bits per heavy atom. The summed E-state index contributed by atoms with van der Waals surface area (Å²) < 4.78 is 0. The van der Waals surface area contributed by atoms with Crippen LogP contribution in [-0.4, -0.2) is 59.8 Å². The van der Waals surface area contributed by atoms with Crippen LogP contribution < -0.4 is 5.73 Å². The molecule has 5 N–H and O–H groups in total. The predicted octanol–water partition coefficient (Wildman–Crippen LogP) is 1.89. The summed E-state index contributed by atoms with van der Waals surface area (Å²) in [5, 5.41) is 0.624. The molecule has 0 aliphatic carbocycles. The Balaban J connectivity index is 0.000000127. The van der Waals surface area contributed by atoms with Crippen molar-refractivity contribution in [3.8, 4) is 37.0 Å². The Morgan fingerprint density at radius 2 is 1.39 bits per heavy atom. The summed E-state index contributed by atoms with van der Waals surface area (Å²) in [5.41, 5.74) is 9.13. The summed E-state index contributed by atoms with van der Waals surface area (Å²) in [7, 11) is 0. The average molecular weight is 516 g/mol. The van der Waals surface area contributed by atoms with Gasteiger partial charge in [-0.3, -0.25) is 0 Å². The maximum atomic E-state index is 5.76. The van der Waals surface area contributed by atoms with Gasteiger partial charge in [0.15, 0.2) is 33.1 Å². The van der Waals surface area contributed by atoms with Gasteiger partial charge in [-0.2, -0.15) is 9.97 Å². The molecular formula is C21H11Cl2N13. The number of aromatic amines is 3. The minimum absolute atomic E-state index is 0.141. The summed E-state index contributed by atoms with van der Waals surface area (Å²) in [4.78, 5) is 43.4. The Morgan fingerprint density at radius 1 is 0.694 bits per heavy atom. The average Bonchev–Trinajstić information content (AvgIpc) is 3.63. The largest absolute Gasteiger partial charge is 0.368 e. The van der Waals surface area contributed by atoms with Gasteiger partial charge in [0.05, 0.1) is 12.7 Å². The molecule has 0 bridgehead atoms. The van der Waals surface area contributed by atoms with Crippen molar-refractivity contribution in [2.45, 2.75) is 0 Å². The quantitative estimate of drug-likeness (QED) is 0.171. The van der Waals surface area contributed by atoms with E-state index in [0.717, 1.165) is 0 Å². The highest BCUT2D eigenvalue weighted by Crippen LogP contribution is 2.16. The van der Waals surface area contributed by atoms with Crippen LogP contribution >= 0.6 is 23.2 Å². The zero-order valence-electron chi connectivity index (χ0n) is 17.8. The zero-order chi connectivity index (χ0) is 25.7. The third-order valence-electron chi connectivity index (χ3n) is 4.19. The third-order valence-corrected chi connectivity index (χ3v) is 4.75. The highest BCUT2D eigenvalue weighted by molar-refractivity contribution is 6.33. The van der Waals surface area contributed by atoms with Gasteiger partial charge in [-0.25, -0.2) is 34.9 Å². The Kier molecular flexibility index (Phi) is 6.84. The maximum Gasteiger partial charge on any atom is 0.223 e. The van der Waals surface area contributed by atoms with Crippen LogP contribution in [0, 0.1) is 37.0 Å². The van der Waals surface area contributed by atoms with E-state index in [1.165, 1.54) is 19.0 Å². The van der Waals surface area contributed by atoms with Gasteiger partial charge in [0, 0.05) is 0 Å². The van der Waals surface area contributed by atoms with Gasteiger partial charge >= 0.3 is 0 Å². The molecule has 0 amide bonds. The first kappa shape index (κ1) is 23.9. The van der Waals surface area contributed by atoms with Gasteiger partial charge in [0.25, 0.3) is 0 Å². The molecule has 13 nitrogen and oxygen atoms in total. The van der Waals surface area contributed by atoms with E-state index in [0.29, 0.717) is 55.3 Å². The first-order valence-electron chi connectivity index (χ1n) is 9.52. The van der Waals surface area contributed by atoms with Crippen LogP contribution in [0.4, 0.5) is 5.95 Å². The molecule has 0 atom stereocenters. The van der Waals surface area contributed by atoms with E-state index < -0.39 is 0 Å². The van der Waals surface area contributed by atoms with Crippen LogP contribution in [0.3, 0.4) is 0 Å². The number of H-pyrrole nitrogens is 3. The van der Waals surface area contributed by atoms with E-state index in [9.17, 15) is 0 Å². The van der Waals surface area contributed by atoms with Crippen LogP contribution in [-0.2, 0) is 0 Å². The van der Waals surface area contributed by atoms with Crippen LogP contribution in [0.1, 0.15) is 17.3 Å². The van der Waals surface area contributed by atoms with Gasteiger partial charge < -0.3 is 20.7 Å². The molecular weight excluding hydrogens is 505 g/mol. The van der Waals surface area contributed by atoms with Gasteiger partial charge in [-0.1, -0.05) is 23.2 Å². The number of terminal acetylenes is 3. The lowest BCUT2D eigenvalue weighted by Crippen LogP contribution is -1.97. The molecule has 0 radical (unpaired) electrons. The van der Waals surface area contributed by atoms with Crippen molar-refractivity contribution in [2.24, 2.45) is 0 Å². The monoisotopic (exact) mass is 515 g/mol. The van der Waals surface area contributed by atoms with Crippen LogP contribution in [0.2, 0.25) is 10.3 Å². The molecule has 174 valence electrons. The fourth-order valence-corrected chi connectivity index (χ4v) is 3.08. The summed E-state index contributed by atoms with van der Waals surface area (Å²) >= 11 is 11.5. The molecule has 0 unspecified atom stereocenters. The van der Waals surface area contributed by atoms with Gasteiger partial charge in [-0.15, -0.1) is 19.3 Å². The van der Waals surface area contributed by atoms with Crippen molar-refractivity contribution in [3.05, 3.63) is 46.6 Å². The van der Waals surface area contributed by atoms with Gasteiger partial charge in [-0.05, 0) is 17.8 Å². The molecule has 0 aliphatic rings. The third kappa shape index (κ3) is 4.95. The first-order valence-corrected chi connectivity index (χ1v) is 10.3. The number of rotatable bonds is 0. The fraction of sp³-hybridized carbons (Fsp3) is 0. The number of halogens is 2. The van der Waals surface area contributed by atoms with Crippen LogP contribution in [0.25, 0.3) is 33.5 Å². The lowest BCUT2D eigenvalue weighted by atomic mass is 10.4. The summed E-state index contributed by atoms with van der Waals surface area (Å²) in [6.45, 7) is 0. The molecule has 0 aromatic carbocycles. The van der Waals surface area contributed by atoms with Crippen LogP contribution in [0.15, 0.2) is 19.0 Å². The second-order valence-electron chi connectivity index (χ2n) is 6.35. The molecule has 0 saturated carbocycles. The Hall–Kier alpha value is -5.29. The number of nitrogen functional groups attached to an aromatic ring is 1. The van der Waals surface area contributed by atoms with Crippen molar-refractivity contribution in [1.29, 1.82) is 0 Å². The molecule has 0 fully saturated rings. The molecule has 0 saturated heterocycles. The lowest BCUT2D eigenvalue weighted by Gasteiger charge is -1.93. The van der Waals surface area contributed by atoms with E-state index >= 15 is 0 Å². The van der Waals surface area contributed by atoms with E-state index in [-0.39, 0.29) is 11.8 Å². The molecule has 6 aromatic rings. The summed E-state index contributed by atoms with van der Waals surface area (Å²) in [6.07, 6.45) is 19.8. The van der Waals surface area contributed by atoms with Crippen LogP contribution in [0.5, 0.6) is 0 Å². The number of fused-ring (bicyclic) bond motifs is 3. The highest BCUT2D eigenvalue weighted by atomic mass is 35.5. The molecule has 15 heteroatoms. The first-order chi connectivity index (χ1) is 17.4. The molecule has 6 rings (SSSR count). The fourth-order valence-electron chi connectivity index (χ4n) is 2.69. The van der Waals surface area contributed by atoms with E-state index in [4.69, 9.17) is 48.2 Å². The second-order valence-corrected chi connectivity index (χ2v) is 7.07. The molecule has 6 heterocycles. The summed E-state index contributed by atoms with van der Waals surface area (Å²) in [6, 6.07) is 0. The Bertz CT molecular complexity index is 1830. The van der Waals surface area contributed by atoms with E-state index in [1.54, 1.807) is 0 Å². The normalized spacial score (nSPS) is 9.97. The minimum Gasteiger partial charge on any atom is -0.368 e. The van der Waals surface area contributed by atoms with Crippen molar-refractivity contribution in [2.75, 3.05) is 5.73 Å². The van der Waals surface area contributed by atoms with E-state index in [1.807, 2.05) is 0 Å². The van der Waals surface area contributed by atoms with Gasteiger partial charge in [0.1, 0.15) is 28.6 Å². The highest BCUT2D eigenvalue weighted by Gasteiger charge is 2.07. The Labute approximate surface area is 211 Å². The molecule has 0 aliphatic heterocycles. The number of imidazole rings is 3. The lowest BCUT2D eigenvalue weighted by molar-refractivity contribution is 1.16. The number of anilines is 1. The van der Waals surface area contributed by atoms with Crippen molar-refractivity contribution >= 4 is 62.6 Å². The second kappa shape index (κ2) is 10.3. The number of nitrogens with one attached hydrogen (secondary N) is 3. The van der Waals surface area contributed by atoms with Crippen molar-refractivity contribution in [3.63, 3.8) is 0 Å². The topological polar surface area (TPSA) is 189 Å². The zero-order valence-corrected chi connectivity index (χ0v) is 19.3. The standard InChI is InChI=1S/2C7H3ClN4.C7H5N5/c1-2-4-11-5-6(8)9-3-10-7(5)12-4;1-2-4-11-6(8)5-7(12-4)10-3-9-5;1-2-4-5-6(10-3-9-5)12-7(8)11-4/h2*1,3H,(H,9,10,11,12);1,3H,(H3,8,9,10,11,12). The number of nitrogens with zero attached hydrogens (tertiary/aromatic N) is 9. The van der Waals surface area contributed by atoms with E-state index in [2.05, 4.69) is 77.6 Å². The number of nitrogens with two attached hydrogens (primary N) is 1. The summed E-state index contributed by atoms with van der Waals surface area (Å²) in [5.74, 6) is 7.83. The predicted molar refractivity (Wildman–Crippen MR) is 133 cm³/mol. The smallest absolute Gasteiger partial charge is 0.223 e. The number of hydrogen-bond donors (Lipinski definition) is 4. The van der Waals surface area contributed by atoms with Gasteiger partial charge in [0.2, 0.25) is 11.8 Å². The SMILES string of the molecule is C#Cc1nc(Cl)c2[nH]cnc2n1.C#Cc1nc(N)nc2nc[nH]c12.C#Cc1nc2ncnc(Cl)c2[nH]1. The van der Waals surface area contributed by atoms with Crippen molar-refractivity contribution < 1.29 is 0 Å². The number of hydrogen-bond acceptors (Lipinski definition) is 10. The maximum absolute atomic E-state index is 5.76. The molecule has 36 heavy (non-hydrogen) atoms. The van der Waals surface area contributed by atoms with Crippen molar-refractivity contribution in [1.82, 2.24) is 59.8 Å². The number of aromatic nitrogens is 12. The molecule has 6 aromatic heterocycles. The molecule has 0 spiro atoms.